The van der Waals surface area contributed by atoms with Crippen LogP contribution in [0.5, 0.6) is 0 Å². The molecular formula is C16H21N3O. The third-order valence-corrected chi connectivity index (χ3v) is 3.74. The quantitative estimate of drug-likeness (QED) is 0.810. The molecule has 2 aromatic rings. The summed E-state index contributed by atoms with van der Waals surface area (Å²) in [4.78, 5) is 6.57. The number of nitrogen functional groups attached to an aromatic ring is 1. The van der Waals surface area contributed by atoms with Gasteiger partial charge < -0.3 is 15.4 Å². The molecule has 1 aromatic heterocycles. The van der Waals surface area contributed by atoms with Crippen LogP contribution in [0, 0.1) is 0 Å². The number of nitrogens with two attached hydrogens (primary N) is 1. The number of aromatic nitrogens is 1. The first-order valence-electron chi connectivity index (χ1n) is 7.01. The first-order chi connectivity index (χ1) is 9.46. The Morgan fingerprint density at radius 1 is 1.30 bits per heavy atom. The van der Waals surface area contributed by atoms with Crippen LogP contribution in [0.4, 0.5) is 11.4 Å². The van der Waals surface area contributed by atoms with Gasteiger partial charge in [-0.25, -0.2) is 0 Å². The number of fused-ring (bicyclic) bond motifs is 1. The van der Waals surface area contributed by atoms with Crippen LogP contribution in [0.25, 0.3) is 10.8 Å². The molecule has 1 fully saturated rings. The van der Waals surface area contributed by atoms with E-state index in [1.807, 2.05) is 24.5 Å². The van der Waals surface area contributed by atoms with Crippen LogP contribution in [-0.4, -0.2) is 29.8 Å². The fourth-order valence-corrected chi connectivity index (χ4v) is 3.11. The maximum Gasteiger partial charge on any atom is 0.0805 e. The molecule has 3 rings (SSSR count). The van der Waals surface area contributed by atoms with E-state index in [4.69, 9.17) is 10.5 Å². The fourth-order valence-electron chi connectivity index (χ4n) is 3.11. The molecule has 0 spiro atoms. The first kappa shape index (κ1) is 13.2. The Bertz CT molecular complexity index is 639. The van der Waals surface area contributed by atoms with Crippen molar-refractivity contribution >= 4 is 22.1 Å². The van der Waals surface area contributed by atoms with E-state index >= 15 is 0 Å². The first-order valence-corrected chi connectivity index (χ1v) is 7.01. The zero-order valence-electron chi connectivity index (χ0n) is 12.3. The van der Waals surface area contributed by atoms with Crippen molar-refractivity contribution in [3.8, 4) is 0 Å². The van der Waals surface area contributed by atoms with Crippen molar-refractivity contribution in [2.24, 2.45) is 0 Å². The highest BCUT2D eigenvalue weighted by Gasteiger charge is 2.32. The molecular weight excluding hydrogens is 250 g/mol. The van der Waals surface area contributed by atoms with E-state index in [9.17, 15) is 0 Å². The maximum absolute atomic E-state index is 6.05. The molecule has 0 saturated carbocycles. The topological polar surface area (TPSA) is 51.4 Å². The molecule has 2 N–H and O–H groups in total. The third-order valence-electron chi connectivity index (χ3n) is 3.74. The molecule has 1 aliphatic rings. The summed E-state index contributed by atoms with van der Waals surface area (Å²) in [7, 11) is 0. The Kier molecular flexibility index (Phi) is 3.05. The summed E-state index contributed by atoms with van der Waals surface area (Å²) >= 11 is 0. The Hall–Kier alpha value is -1.81. The second-order valence-electron chi connectivity index (χ2n) is 6.16. The molecule has 4 nitrogen and oxygen atoms in total. The van der Waals surface area contributed by atoms with Crippen LogP contribution in [-0.2, 0) is 4.74 Å². The molecule has 1 atom stereocenters. The van der Waals surface area contributed by atoms with Crippen LogP contribution in [0.3, 0.4) is 0 Å². The van der Waals surface area contributed by atoms with Crippen molar-refractivity contribution in [2.75, 3.05) is 23.7 Å². The van der Waals surface area contributed by atoms with Gasteiger partial charge in [0.2, 0.25) is 0 Å². The van der Waals surface area contributed by atoms with Gasteiger partial charge in [0.05, 0.1) is 11.7 Å². The zero-order chi connectivity index (χ0) is 14.3. The Morgan fingerprint density at radius 3 is 2.85 bits per heavy atom. The second-order valence-corrected chi connectivity index (χ2v) is 6.16. The van der Waals surface area contributed by atoms with Gasteiger partial charge >= 0.3 is 0 Å². The van der Waals surface area contributed by atoms with Crippen molar-refractivity contribution in [3.63, 3.8) is 0 Å². The van der Waals surface area contributed by atoms with Gasteiger partial charge in [-0.15, -0.1) is 0 Å². The van der Waals surface area contributed by atoms with Crippen molar-refractivity contribution in [1.29, 1.82) is 0 Å². The highest BCUT2D eigenvalue weighted by Crippen LogP contribution is 2.33. The van der Waals surface area contributed by atoms with Crippen LogP contribution >= 0.6 is 0 Å². The summed E-state index contributed by atoms with van der Waals surface area (Å²) < 4.78 is 5.98. The molecule has 20 heavy (non-hydrogen) atoms. The van der Waals surface area contributed by atoms with E-state index in [0.29, 0.717) is 0 Å². The van der Waals surface area contributed by atoms with Gasteiger partial charge in [-0.1, -0.05) is 0 Å². The molecule has 2 heterocycles. The summed E-state index contributed by atoms with van der Waals surface area (Å²) in [6.07, 6.45) is 3.87. The number of hydrogen-bond acceptors (Lipinski definition) is 4. The predicted octanol–water partition coefficient (Wildman–Crippen LogP) is 2.82. The Labute approximate surface area is 119 Å². The highest BCUT2D eigenvalue weighted by molar-refractivity contribution is 6.00. The SMILES string of the molecule is CC1CN(c2ccc(N)c3cnccc23)CC(C)(C)O1. The average molecular weight is 271 g/mol. The molecule has 1 unspecified atom stereocenters. The molecule has 0 radical (unpaired) electrons. The molecule has 4 heteroatoms. The zero-order valence-corrected chi connectivity index (χ0v) is 12.3. The van der Waals surface area contributed by atoms with Crippen LogP contribution in [0.2, 0.25) is 0 Å². The largest absolute Gasteiger partial charge is 0.398 e. The van der Waals surface area contributed by atoms with E-state index in [1.54, 1.807) is 0 Å². The standard InChI is InChI=1S/C16H21N3O/c1-11-9-19(10-16(2,3)20-11)15-5-4-14(17)13-8-18-7-6-12(13)15/h4-8,11H,9-10,17H2,1-3H3. The number of anilines is 2. The van der Waals surface area contributed by atoms with Gasteiger partial charge in [-0.05, 0) is 39.0 Å². The van der Waals surface area contributed by atoms with Crippen molar-refractivity contribution in [2.45, 2.75) is 32.5 Å². The van der Waals surface area contributed by atoms with Gasteiger partial charge in [0.1, 0.15) is 0 Å². The molecule has 1 aliphatic heterocycles. The van der Waals surface area contributed by atoms with Gasteiger partial charge in [0.25, 0.3) is 0 Å². The minimum atomic E-state index is -0.140. The van der Waals surface area contributed by atoms with E-state index in [-0.39, 0.29) is 11.7 Å². The summed E-state index contributed by atoms with van der Waals surface area (Å²) in [5, 5.41) is 2.17. The lowest BCUT2D eigenvalue weighted by atomic mass is 10.0. The number of benzene rings is 1. The molecule has 106 valence electrons. The minimum Gasteiger partial charge on any atom is -0.398 e. The van der Waals surface area contributed by atoms with Crippen LogP contribution in [0.1, 0.15) is 20.8 Å². The lowest BCUT2D eigenvalue weighted by Gasteiger charge is -2.43. The molecule has 0 aliphatic carbocycles. The number of ether oxygens (including phenoxy) is 1. The van der Waals surface area contributed by atoms with Gasteiger partial charge in [-0.2, -0.15) is 0 Å². The molecule has 1 saturated heterocycles. The van der Waals surface area contributed by atoms with Gasteiger partial charge in [0, 0.05) is 47.6 Å². The number of pyridine rings is 1. The minimum absolute atomic E-state index is 0.140. The van der Waals surface area contributed by atoms with Crippen molar-refractivity contribution < 1.29 is 4.74 Å². The van der Waals surface area contributed by atoms with E-state index in [1.165, 1.54) is 5.69 Å². The van der Waals surface area contributed by atoms with Crippen LogP contribution in [0.15, 0.2) is 30.6 Å². The number of hydrogen-bond donors (Lipinski definition) is 1. The molecule has 0 bridgehead atoms. The lowest BCUT2D eigenvalue weighted by molar-refractivity contribution is -0.0749. The van der Waals surface area contributed by atoms with E-state index < -0.39 is 0 Å². The van der Waals surface area contributed by atoms with Crippen LogP contribution < -0.4 is 10.6 Å². The molecule has 0 amide bonds. The van der Waals surface area contributed by atoms with Crippen molar-refractivity contribution in [1.82, 2.24) is 4.98 Å². The van der Waals surface area contributed by atoms with E-state index in [2.05, 4.69) is 36.7 Å². The van der Waals surface area contributed by atoms with Gasteiger partial charge in [0.15, 0.2) is 0 Å². The Balaban J connectivity index is 2.08. The monoisotopic (exact) mass is 271 g/mol. The average Bonchev–Trinajstić information content (AvgIpc) is 2.37. The fraction of sp³-hybridized carbons (Fsp3) is 0.438. The predicted molar refractivity (Wildman–Crippen MR) is 83.0 cm³/mol. The second kappa shape index (κ2) is 4.63. The van der Waals surface area contributed by atoms with E-state index in [0.717, 1.165) is 29.5 Å². The lowest BCUT2D eigenvalue weighted by Crippen LogP contribution is -2.52. The Morgan fingerprint density at radius 2 is 2.10 bits per heavy atom. The summed E-state index contributed by atoms with van der Waals surface area (Å²) in [5.41, 5.74) is 7.90. The highest BCUT2D eigenvalue weighted by atomic mass is 16.5. The summed E-state index contributed by atoms with van der Waals surface area (Å²) in [6, 6.07) is 6.10. The molecule has 1 aromatic carbocycles. The van der Waals surface area contributed by atoms with Gasteiger partial charge in [-0.3, -0.25) is 4.98 Å². The third kappa shape index (κ3) is 2.31. The number of nitrogens with zero attached hydrogens (tertiary/aromatic N) is 2. The smallest absolute Gasteiger partial charge is 0.0805 e. The van der Waals surface area contributed by atoms with Crippen molar-refractivity contribution in [3.05, 3.63) is 30.6 Å². The number of rotatable bonds is 1. The normalized spacial score (nSPS) is 22.1. The number of morpholine rings is 1. The summed E-state index contributed by atoms with van der Waals surface area (Å²) in [5.74, 6) is 0. The maximum atomic E-state index is 6.05. The summed E-state index contributed by atoms with van der Waals surface area (Å²) in [6.45, 7) is 8.16.